The van der Waals surface area contributed by atoms with Gasteiger partial charge in [-0.2, -0.15) is 0 Å². The van der Waals surface area contributed by atoms with Gasteiger partial charge in [-0.25, -0.2) is 0 Å². The lowest BCUT2D eigenvalue weighted by atomic mass is 9.95. The van der Waals surface area contributed by atoms with Gasteiger partial charge in [0.05, 0.1) is 4.88 Å². The highest BCUT2D eigenvalue weighted by molar-refractivity contribution is 7.12. The van der Waals surface area contributed by atoms with Crippen molar-refractivity contribution in [2.75, 3.05) is 19.6 Å². The van der Waals surface area contributed by atoms with E-state index in [4.69, 9.17) is 11.6 Å². The molecule has 2 amide bonds. The van der Waals surface area contributed by atoms with Gasteiger partial charge in [0.1, 0.15) is 0 Å². The molecule has 0 saturated carbocycles. The lowest BCUT2D eigenvalue weighted by molar-refractivity contribution is -0.126. The molecule has 3 rings (SSSR count). The van der Waals surface area contributed by atoms with Crippen LogP contribution in [0, 0.1) is 5.92 Å². The van der Waals surface area contributed by atoms with Crippen molar-refractivity contribution in [1.82, 2.24) is 10.2 Å². The molecule has 1 aliphatic heterocycles. The van der Waals surface area contributed by atoms with E-state index in [2.05, 4.69) is 5.32 Å². The van der Waals surface area contributed by atoms with Crippen molar-refractivity contribution in [1.29, 1.82) is 0 Å². The van der Waals surface area contributed by atoms with Crippen molar-refractivity contribution >= 4 is 34.8 Å². The Morgan fingerprint density at radius 2 is 1.88 bits per heavy atom. The smallest absolute Gasteiger partial charge is 0.263 e. The highest BCUT2D eigenvalue weighted by Crippen LogP contribution is 2.21. The van der Waals surface area contributed by atoms with Crippen LogP contribution in [-0.4, -0.2) is 36.3 Å². The molecule has 2 heterocycles. The van der Waals surface area contributed by atoms with Crippen LogP contribution >= 0.6 is 22.9 Å². The Bertz CT molecular complexity index is 708. The number of carbonyl (C=O) groups is 2. The second-order valence-electron chi connectivity index (χ2n) is 6.21. The molecular formula is C19H21ClN2O2S. The zero-order valence-electron chi connectivity index (χ0n) is 13.9. The van der Waals surface area contributed by atoms with E-state index in [9.17, 15) is 9.59 Å². The minimum atomic E-state index is -0.00222. The number of thiophene rings is 1. The molecule has 0 bridgehead atoms. The molecule has 2 aromatic rings. The van der Waals surface area contributed by atoms with Gasteiger partial charge in [-0.15, -0.1) is 11.3 Å². The molecule has 0 aliphatic carbocycles. The van der Waals surface area contributed by atoms with Gasteiger partial charge in [0.15, 0.2) is 0 Å². The number of carbonyl (C=O) groups excluding carboxylic acids is 2. The Hall–Kier alpha value is -1.85. The summed E-state index contributed by atoms with van der Waals surface area (Å²) in [6, 6.07) is 11.4. The molecule has 1 aromatic carbocycles. The van der Waals surface area contributed by atoms with Crippen molar-refractivity contribution in [2.24, 2.45) is 5.92 Å². The summed E-state index contributed by atoms with van der Waals surface area (Å²) in [4.78, 5) is 27.3. The van der Waals surface area contributed by atoms with Crippen LogP contribution in [0.5, 0.6) is 0 Å². The zero-order valence-corrected chi connectivity index (χ0v) is 15.5. The molecule has 1 N–H and O–H groups in total. The fourth-order valence-corrected chi connectivity index (χ4v) is 3.84. The molecule has 4 nitrogen and oxygen atoms in total. The number of halogens is 1. The van der Waals surface area contributed by atoms with Crippen LogP contribution in [0.2, 0.25) is 5.02 Å². The maximum atomic E-state index is 12.3. The quantitative estimate of drug-likeness (QED) is 0.866. The summed E-state index contributed by atoms with van der Waals surface area (Å²) in [6.07, 6.45) is 2.24. The third kappa shape index (κ3) is 4.83. The van der Waals surface area contributed by atoms with Crippen LogP contribution in [0.3, 0.4) is 0 Å². The second-order valence-corrected chi connectivity index (χ2v) is 7.60. The van der Waals surface area contributed by atoms with Gasteiger partial charge in [-0.3, -0.25) is 9.59 Å². The average molecular weight is 377 g/mol. The van der Waals surface area contributed by atoms with Gasteiger partial charge < -0.3 is 10.2 Å². The fraction of sp³-hybridized carbons (Fsp3) is 0.368. The first kappa shape index (κ1) is 18.0. The number of hydrogen-bond acceptors (Lipinski definition) is 3. The first-order chi connectivity index (χ1) is 12.1. The Morgan fingerprint density at radius 1 is 1.16 bits per heavy atom. The number of likely N-dealkylation sites (tertiary alicyclic amines) is 1. The van der Waals surface area contributed by atoms with E-state index in [0.717, 1.165) is 34.7 Å². The SMILES string of the molecule is O=C(NCCc1ccc(Cl)cc1)C1CCN(C(=O)c2cccs2)CC1. The molecule has 6 heteroatoms. The Kier molecular flexibility index (Phi) is 6.10. The largest absolute Gasteiger partial charge is 0.356 e. The van der Waals surface area contributed by atoms with Gasteiger partial charge in [0.25, 0.3) is 5.91 Å². The number of hydrogen-bond donors (Lipinski definition) is 1. The summed E-state index contributed by atoms with van der Waals surface area (Å²) in [7, 11) is 0. The number of nitrogens with zero attached hydrogens (tertiary/aromatic N) is 1. The molecule has 132 valence electrons. The second kappa shape index (κ2) is 8.50. The highest BCUT2D eigenvalue weighted by Gasteiger charge is 2.27. The Morgan fingerprint density at radius 3 is 2.52 bits per heavy atom. The van der Waals surface area contributed by atoms with Crippen LogP contribution < -0.4 is 5.32 Å². The number of amides is 2. The normalized spacial score (nSPS) is 15.2. The Balaban J connectivity index is 1.41. The highest BCUT2D eigenvalue weighted by atomic mass is 35.5. The third-order valence-corrected chi connectivity index (χ3v) is 5.62. The lowest BCUT2D eigenvalue weighted by Gasteiger charge is -2.31. The number of benzene rings is 1. The molecule has 1 saturated heterocycles. The van der Waals surface area contributed by atoms with E-state index in [1.807, 2.05) is 46.7 Å². The number of piperidine rings is 1. The van der Waals surface area contributed by atoms with E-state index in [1.165, 1.54) is 11.3 Å². The van der Waals surface area contributed by atoms with Crippen LogP contribution in [-0.2, 0) is 11.2 Å². The first-order valence-corrected chi connectivity index (χ1v) is 9.74. The van der Waals surface area contributed by atoms with Gasteiger partial charge in [0, 0.05) is 30.6 Å². The minimum absolute atomic E-state index is 0.00222. The first-order valence-electron chi connectivity index (χ1n) is 8.48. The topological polar surface area (TPSA) is 49.4 Å². The van der Waals surface area contributed by atoms with Crippen molar-refractivity contribution < 1.29 is 9.59 Å². The molecular weight excluding hydrogens is 356 g/mol. The molecule has 0 unspecified atom stereocenters. The van der Waals surface area contributed by atoms with Crippen molar-refractivity contribution in [2.45, 2.75) is 19.3 Å². The summed E-state index contributed by atoms with van der Waals surface area (Å²) < 4.78 is 0. The van der Waals surface area contributed by atoms with Gasteiger partial charge >= 0.3 is 0 Å². The zero-order chi connectivity index (χ0) is 17.6. The van der Waals surface area contributed by atoms with E-state index in [0.29, 0.717) is 19.6 Å². The van der Waals surface area contributed by atoms with Crippen molar-refractivity contribution in [3.8, 4) is 0 Å². The molecule has 0 spiro atoms. The van der Waals surface area contributed by atoms with E-state index < -0.39 is 0 Å². The number of rotatable bonds is 5. The van der Waals surface area contributed by atoms with Crippen LogP contribution in [0.25, 0.3) is 0 Å². The molecule has 1 fully saturated rings. The van der Waals surface area contributed by atoms with Crippen molar-refractivity contribution in [3.05, 3.63) is 57.2 Å². The monoisotopic (exact) mass is 376 g/mol. The maximum absolute atomic E-state index is 12.3. The Labute approximate surface area is 156 Å². The van der Waals surface area contributed by atoms with E-state index >= 15 is 0 Å². The van der Waals surface area contributed by atoms with Crippen LogP contribution in [0.15, 0.2) is 41.8 Å². The summed E-state index contributed by atoms with van der Waals surface area (Å²) in [5, 5.41) is 5.64. The molecule has 0 atom stereocenters. The summed E-state index contributed by atoms with van der Waals surface area (Å²) in [5.41, 5.74) is 1.15. The average Bonchev–Trinajstić information content (AvgIpc) is 3.17. The maximum Gasteiger partial charge on any atom is 0.263 e. The molecule has 1 aliphatic rings. The van der Waals surface area contributed by atoms with E-state index in [1.54, 1.807) is 0 Å². The van der Waals surface area contributed by atoms with E-state index in [-0.39, 0.29) is 17.7 Å². The van der Waals surface area contributed by atoms with Crippen LogP contribution in [0.1, 0.15) is 28.1 Å². The summed E-state index contributed by atoms with van der Waals surface area (Å²) >= 11 is 7.33. The number of nitrogens with one attached hydrogen (secondary N) is 1. The molecule has 0 radical (unpaired) electrons. The lowest BCUT2D eigenvalue weighted by Crippen LogP contribution is -2.43. The third-order valence-electron chi connectivity index (χ3n) is 4.51. The summed E-state index contributed by atoms with van der Waals surface area (Å²) in [5.74, 6) is 0.173. The van der Waals surface area contributed by atoms with Gasteiger partial charge in [-0.1, -0.05) is 29.8 Å². The van der Waals surface area contributed by atoms with Gasteiger partial charge in [-0.05, 0) is 48.4 Å². The minimum Gasteiger partial charge on any atom is -0.356 e. The standard InChI is InChI=1S/C19H21ClN2O2S/c20-16-5-3-14(4-6-16)7-10-21-18(23)15-8-11-22(12-9-15)19(24)17-2-1-13-25-17/h1-6,13,15H,7-12H2,(H,21,23). The van der Waals surface area contributed by atoms with Crippen molar-refractivity contribution in [3.63, 3.8) is 0 Å². The molecule has 25 heavy (non-hydrogen) atoms. The predicted octanol–water partition coefficient (Wildman–Crippen LogP) is 3.61. The fourth-order valence-electron chi connectivity index (χ4n) is 3.03. The van der Waals surface area contributed by atoms with Crippen LogP contribution in [0.4, 0.5) is 0 Å². The summed E-state index contributed by atoms with van der Waals surface area (Å²) in [6.45, 7) is 1.91. The molecule has 1 aromatic heterocycles. The van der Waals surface area contributed by atoms with Gasteiger partial charge in [0.2, 0.25) is 5.91 Å². The predicted molar refractivity (Wildman–Crippen MR) is 101 cm³/mol.